The number of carboxylic acids is 1. The second-order valence-electron chi connectivity index (χ2n) is 15.1. The third kappa shape index (κ3) is 8.99. The molecule has 2 amide bonds. The topological polar surface area (TPSA) is 153 Å². The molecule has 284 valence electrons. The van der Waals surface area contributed by atoms with E-state index in [2.05, 4.69) is 31.7 Å². The lowest BCUT2D eigenvalue weighted by Crippen LogP contribution is -2.65. The van der Waals surface area contributed by atoms with Crippen molar-refractivity contribution < 1.29 is 33.4 Å². The smallest absolute Gasteiger partial charge is 0.410 e. The molecule has 3 aromatic rings. The van der Waals surface area contributed by atoms with E-state index >= 15 is 0 Å². The Labute approximate surface area is 312 Å². The van der Waals surface area contributed by atoms with Crippen molar-refractivity contribution in [2.75, 3.05) is 57.3 Å². The van der Waals surface area contributed by atoms with Gasteiger partial charge in [0, 0.05) is 87.3 Å². The quantitative estimate of drug-likeness (QED) is 0.312. The third-order valence-electron chi connectivity index (χ3n) is 10.0. The highest BCUT2D eigenvalue weighted by atomic mass is 32.1. The molecule has 53 heavy (non-hydrogen) atoms. The van der Waals surface area contributed by atoms with Gasteiger partial charge in [-0.3, -0.25) is 19.4 Å². The van der Waals surface area contributed by atoms with Crippen molar-refractivity contribution in [3.63, 3.8) is 0 Å². The molecule has 0 unspecified atom stereocenters. The highest BCUT2D eigenvalue weighted by Crippen LogP contribution is 2.35. The number of halogens is 1. The minimum atomic E-state index is -1.08. The first-order valence-electron chi connectivity index (χ1n) is 18.0. The summed E-state index contributed by atoms with van der Waals surface area (Å²) in [5.74, 6) is -1.34. The van der Waals surface area contributed by atoms with E-state index in [1.165, 1.54) is 48.0 Å². The average molecular weight is 751 g/mol. The van der Waals surface area contributed by atoms with Gasteiger partial charge in [0.25, 0.3) is 0 Å². The van der Waals surface area contributed by atoms with Gasteiger partial charge < -0.3 is 24.5 Å². The molecule has 14 nitrogen and oxygen atoms in total. The van der Waals surface area contributed by atoms with Gasteiger partial charge in [0.15, 0.2) is 0 Å². The Morgan fingerprint density at radius 3 is 2.30 bits per heavy atom. The summed E-state index contributed by atoms with van der Waals surface area (Å²) in [6.07, 6.45) is 3.80. The number of rotatable bonds is 9. The van der Waals surface area contributed by atoms with Gasteiger partial charge in [-0.25, -0.2) is 28.9 Å². The van der Waals surface area contributed by atoms with E-state index in [1.807, 2.05) is 37.5 Å². The van der Waals surface area contributed by atoms with Crippen molar-refractivity contribution in [1.29, 1.82) is 0 Å². The Hall–Kier alpha value is -4.54. The van der Waals surface area contributed by atoms with Gasteiger partial charge in [0.2, 0.25) is 17.6 Å². The van der Waals surface area contributed by atoms with Crippen LogP contribution in [0.3, 0.4) is 0 Å². The standard InChI is InChI=1S/C37H47FN8O6S/c1-23-17-43(35-39-15-26(16-40-35)34(49)50)14-13-42(23)19-28-20-46(36(51)52-37(3,4)5)24(2)18-44(28)21-31(47)45-12-6-7-30(45)33-41-29(22-53-33)32(48)25-8-10-27(38)11-9-25/h8-11,15-16,22-24,28,30H,6-7,12-14,17-21H2,1-5H3,(H,49,50)/t23-,24-,28+,30+/m1/s1. The van der Waals surface area contributed by atoms with Gasteiger partial charge in [-0.1, -0.05) is 0 Å². The summed E-state index contributed by atoms with van der Waals surface area (Å²) in [5, 5.41) is 11.6. The predicted octanol–water partition coefficient (Wildman–Crippen LogP) is 4.19. The summed E-state index contributed by atoms with van der Waals surface area (Å²) in [4.78, 5) is 75.3. The maximum Gasteiger partial charge on any atom is 0.410 e. The van der Waals surface area contributed by atoms with Crippen molar-refractivity contribution in [2.24, 2.45) is 0 Å². The number of thiazole rings is 1. The number of carboxylic acid groups (broad SMARTS) is 1. The Kier molecular flexibility index (Phi) is 11.4. The van der Waals surface area contributed by atoms with Crippen molar-refractivity contribution in [3.05, 3.63) is 69.7 Å². The van der Waals surface area contributed by atoms with Crippen LogP contribution in [0.4, 0.5) is 15.1 Å². The third-order valence-corrected chi connectivity index (χ3v) is 11.0. The van der Waals surface area contributed by atoms with Crippen LogP contribution in [0.5, 0.6) is 0 Å². The maximum atomic E-state index is 14.2. The normalized spacial score (nSPS) is 22.9. The van der Waals surface area contributed by atoms with Crippen LogP contribution in [-0.2, 0) is 9.53 Å². The minimum Gasteiger partial charge on any atom is -0.478 e. The summed E-state index contributed by atoms with van der Waals surface area (Å²) in [6, 6.07) is 4.86. The molecule has 4 atom stereocenters. The number of carbonyl (C=O) groups is 4. The van der Waals surface area contributed by atoms with Crippen LogP contribution < -0.4 is 4.90 Å². The van der Waals surface area contributed by atoms with Crippen LogP contribution >= 0.6 is 11.3 Å². The summed E-state index contributed by atoms with van der Waals surface area (Å²) >= 11 is 1.36. The van der Waals surface area contributed by atoms with Crippen molar-refractivity contribution in [1.82, 2.24) is 34.6 Å². The number of hydrogen-bond donors (Lipinski definition) is 1. The summed E-state index contributed by atoms with van der Waals surface area (Å²) in [5.41, 5.74) is 0.0108. The van der Waals surface area contributed by atoms with Crippen LogP contribution in [0.2, 0.25) is 0 Å². The van der Waals surface area contributed by atoms with E-state index in [0.29, 0.717) is 62.3 Å². The molecule has 3 aliphatic rings. The maximum absolute atomic E-state index is 14.2. The number of ketones is 1. The SMILES string of the molecule is C[C@@H]1CN(c2ncc(C(=O)O)cn2)CCN1C[C@H]1CN(C(=O)OC(C)(C)C)[C@H](C)CN1CC(=O)N1CCC[C@H]1c1nc(C(=O)c2ccc(F)cc2)cs1. The number of carbonyl (C=O) groups excluding carboxylic acids is 3. The van der Waals surface area contributed by atoms with E-state index in [4.69, 9.17) is 4.74 Å². The molecular weight excluding hydrogens is 704 g/mol. The number of ether oxygens (including phenoxy) is 1. The first kappa shape index (κ1) is 38.2. The summed E-state index contributed by atoms with van der Waals surface area (Å²) in [7, 11) is 0. The van der Waals surface area contributed by atoms with Gasteiger partial charge in [-0.2, -0.15) is 0 Å². The average Bonchev–Trinajstić information content (AvgIpc) is 3.80. The molecule has 0 spiro atoms. The fourth-order valence-electron chi connectivity index (χ4n) is 7.25. The van der Waals surface area contributed by atoms with Crippen LogP contribution in [0.15, 0.2) is 42.0 Å². The van der Waals surface area contributed by atoms with Gasteiger partial charge in [-0.15, -0.1) is 11.3 Å². The molecule has 0 aliphatic carbocycles. The minimum absolute atomic E-state index is 0.0307. The van der Waals surface area contributed by atoms with Gasteiger partial charge in [0.1, 0.15) is 22.1 Å². The number of anilines is 1. The number of piperazine rings is 2. The second-order valence-corrected chi connectivity index (χ2v) is 16.0. The Balaban J connectivity index is 1.15. The Morgan fingerprint density at radius 2 is 1.64 bits per heavy atom. The number of benzene rings is 1. The second kappa shape index (κ2) is 15.8. The van der Waals surface area contributed by atoms with Gasteiger partial charge >= 0.3 is 12.1 Å². The molecule has 3 aliphatic heterocycles. The Bertz CT molecular complexity index is 1800. The van der Waals surface area contributed by atoms with E-state index < -0.39 is 17.4 Å². The van der Waals surface area contributed by atoms with E-state index in [0.717, 1.165) is 12.8 Å². The van der Waals surface area contributed by atoms with Crippen LogP contribution in [-0.4, -0.2) is 139 Å². The van der Waals surface area contributed by atoms with Gasteiger partial charge in [0.05, 0.1) is 18.2 Å². The molecule has 6 rings (SSSR count). The molecule has 0 saturated carbocycles. The predicted molar refractivity (Wildman–Crippen MR) is 196 cm³/mol. The molecule has 5 heterocycles. The Morgan fingerprint density at radius 1 is 0.925 bits per heavy atom. The summed E-state index contributed by atoms with van der Waals surface area (Å²) < 4.78 is 19.2. The molecule has 1 aromatic carbocycles. The van der Waals surface area contributed by atoms with Crippen LogP contribution in [0.25, 0.3) is 0 Å². The number of nitrogens with zero attached hydrogens (tertiary/aromatic N) is 8. The zero-order valence-corrected chi connectivity index (χ0v) is 31.6. The largest absolute Gasteiger partial charge is 0.478 e. The fraction of sp³-hybridized carbons (Fsp3) is 0.541. The lowest BCUT2D eigenvalue weighted by atomic mass is 10.0. The highest BCUT2D eigenvalue weighted by Gasteiger charge is 2.41. The van der Waals surface area contributed by atoms with Crippen LogP contribution in [0, 0.1) is 5.82 Å². The van der Waals surface area contributed by atoms with Crippen LogP contribution in [0.1, 0.15) is 84.9 Å². The number of hydrogen-bond acceptors (Lipinski definition) is 12. The molecule has 0 radical (unpaired) electrons. The summed E-state index contributed by atoms with van der Waals surface area (Å²) in [6.45, 7) is 13.8. The molecule has 0 bridgehead atoms. The first-order valence-corrected chi connectivity index (χ1v) is 18.9. The van der Waals surface area contributed by atoms with Crippen molar-refractivity contribution in [3.8, 4) is 0 Å². The number of aromatic carboxylic acids is 1. The molecule has 2 aromatic heterocycles. The molecule has 3 fully saturated rings. The van der Waals surface area contributed by atoms with E-state index in [1.54, 1.807) is 10.3 Å². The molecule has 1 N–H and O–H groups in total. The highest BCUT2D eigenvalue weighted by molar-refractivity contribution is 7.10. The fourth-order valence-corrected chi connectivity index (χ4v) is 8.19. The lowest BCUT2D eigenvalue weighted by Gasteiger charge is -2.48. The van der Waals surface area contributed by atoms with Gasteiger partial charge in [-0.05, 0) is 71.7 Å². The number of likely N-dealkylation sites (tertiary alicyclic amines) is 1. The van der Waals surface area contributed by atoms with Crippen molar-refractivity contribution >= 4 is 41.0 Å². The lowest BCUT2D eigenvalue weighted by molar-refractivity contribution is -0.135. The van der Waals surface area contributed by atoms with Crippen molar-refractivity contribution in [2.45, 2.75) is 77.2 Å². The first-order chi connectivity index (χ1) is 25.2. The molecule has 16 heteroatoms. The molecule has 3 saturated heterocycles. The van der Waals surface area contributed by atoms with E-state index in [-0.39, 0.29) is 59.8 Å². The number of aromatic nitrogens is 3. The van der Waals surface area contributed by atoms with E-state index in [9.17, 15) is 28.7 Å². The zero-order chi connectivity index (χ0) is 38.0. The molecular formula is C37H47FN8O6S. The monoisotopic (exact) mass is 750 g/mol. The number of amides is 2. The zero-order valence-electron chi connectivity index (χ0n) is 30.8.